The summed E-state index contributed by atoms with van der Waals surface area (Å²) in [7, 11) is -1.10. The second-order valence-electron chi connectivity index (χ2n) is 7.19. The molecule has 1 unspecified atom stereocenters. The van der Waals surface area contributed by atoms with E-state index in [1.54, 1.807) is 7.05 Å². The number of carbonyl (C=O) groups is 1. The molecule has 0 aromatic heterocycles. The van der Waals surface area contributed by atoms with Crippen molar-refractivity contribution in [2.45, 2.75) is 60.8 Å². The van der Waals surface area contributed by atoms with Gasteiger partial charge in [-0.15, -0.1) is 6.58 Å². The first kappa shape index (κ1) is 19.0. The number of benzene rings is 1. The van der Waals surface area contributed by atoms with Crippen LogP contribution in [-0.2, 0) is 14.5 Å². The number of cyclic esters (lactones) is 1. The number of hydrogen-bond acceptors (Lipinski definition) is 4. The average molecular weight is 377 g/mol. The van der Waals surface area contributed by atoms with Crippen LogP contribution in [0.5, 0.6) is 0 Å². The quantitative estimate of drug-likeness (QED) is 0.759. The van der Waals surface area contributed by atoms with Gasteiger partial charge >= 0.3 is 6.09 Å². The zero-order valence-electron chi connectivity index (χ0n) is 15.5. The Balaban J connectivity index is 2.15. The van der Waals surface area contributed by atoms with E-state index >= 15 is 0 Å². The van der Waals surface area contributed by atoms with Crippen molar-refractivity contribution >= 4 is 15.8 Å². The lowest BCUT2D eigenvalue weighted by Gasteiger charge is -2.48. The van der Waals surface area contributed by atoms with E-state index < -0.39 is 21.4 Å². The van der Waals surface area contributed by atoms with Crippen molar-refractivity contribution in [3.63, 3.8) is 0 Å². The summed E-state index contributed by atoms with van der Waals surface area (Å²) in [6.07, 6.45) is 5.38. The standard InChI is InChI=1S/C20H28N2O3S/c1-4-5-13-18(26(24,21-3)16-10-7-6-8-11-16)20-14-9-12-17(20)15(2)25-19(23)22-20/h4,6-8,10-11,15,17-18H,1,5,9,12-14H2,2-3H3,(H,22,23)/t15-,17-,18+,20-,26?/m1/s1. The molecule has 1 amide bonds. The Bertz CT molecular complexity index is 786. The number of amides is 1. The molecule has 26 heavy (non-hydrogen) atoms. The molecule has 1 aromatic carbocycles. The predicted octanol–water partition coefficient (Wildman–Crippen LogP) is 4.15. The number of ether oxygens (including phenoxy) is 1. The summed E-state index contributed by atoms with van der Waals surface area (Å²) in [5, 5.41) is 2.82. The van der Waals surface area contributed by atoms with Crippen molar-refractivity contribution in [3.8, 4) is 0 Å². The minimum Gasteiger partial charge on any atom is -0.446 e. The van der Waals surface area contributed by atoms with Crippen LogP contribution in [0.3, 0.4) is 0 Å². The first-order valence-electron chi connectivity index (χ1n) is 9.27. The maximum atomic E-state index is 14.2. The van der Waals surface area contributed by atoms with E-state index in [1.165, 1.54) is 0 Å². The van der Waals surface area contributed by atoms with Crippen LogP contribution in [0.4, 0.5) is 4.79 Å². The molecule has 5 atom stereocenters. The molecular weight excluding hydrogens is 348 g/mol. The summed E-state index contributed by atoms with van der Waals surface area (Å²) in [6, 6.07) is 9.44. The number of fused-ring (bicyclic) bond motifs is 1. The summed E-state index contributed by atoms with van der Waals surface area (Å²) in [4.78, 5) is 13.0. The number of carbonyl (C=O) groups excluding carboxylic acids is 1. The molecule has 1 heterocycles. The lowest BCUT2D eigenvalue weighted by Crippen LogP contribution is -2.66. The lowest BCUT2D eigenvalue weighted by atomic mass is 9.78. The van der Waals surface area contributed by atoms with Crippen molar-refractivity contribution in [3.05, 3.63) is 43.0 Å². The fourth-order valence-electron chi connectivity index (χ4n) is 4.80. The molecule has 0 radical (unpaired) electrons. The molecule has 1 aromatic rings. The summed E-state index contributed by atoms with van der Waals surface area (Å²) < 4.78 is 24.1. The Morgan fingerprint density at radius 3 is 2.85 bits per heavy atom. The van der Waals surface area contributed by atoms with Crippen LogP contribution in [0.1, 0.15) is 39.0 Å². The van der Waals surface area contributed by atoms with Gasteiger partial charge in [0.25, 0.3) is 0 Å². The maximum absolute atomic E-state index is 14.2. The van der Waals surface area contributed by atoms with Gasteiger partial charge in [-0.1, -0.05) is 30.7 Å². The van der Waals surface area contributed by atoms with Crippen molar-refractivity contribution in [1.82, 2.24) is 5.32 Å². The van der Waals surface area contributed by atoms with Crippen molar-refractivity contribution < 1.29 is 13.7 Å². The van der Waals surface area contributed by atoms with Gasteiger partial charge in [0.15, 0.2) is 0 Å². The molecule has 1 saturated carbocycles. The van der Waals surface area contributed by atoms with E-state index in [4.69, 9.17) is 4.74 Å². The van der Waals surface area contributed by atoms with Gasteiger partial charge in [-0.05, 0) is 44.7 Å². The van der Waals surface area contributed by atoms with Crippen LogP contribution in [0.25, 0.3) is 0 Å². The topological polar surface area (TPSA) is 67.8 Å². The molecule has 2 fully saturated rings. The van der Waals surface area contributed by atoms with Crippen LogP contribution in [0, 0.1) is 5.92 Å². The highest BCUT2D eigenvalue weighted by Crippen LogP contribution is 2.48. The average Bonchev–Trinajstić information content (AvgIpc) is 3.07. The molecule has 0 bridgehead atoms. The molecule has 6 heteroatoms. The second kappa shape index (κ2) is 7.43. The highest BCUT2D eigenvalue weighted by molar-refractivity contribution is 7.94. The van der Waals surface area contributed by atoms with Gasteiger partial charge in [0.1, 0.15) is 6.10 Å². The third-order valence-corrected chi connectivity index (χ3v) is 8.82. The number of alkyl carbamates (subject to hydrolysis) is 1. The smallest absolute Gasteiger partial charge is 0.407 e. The Labute approximate surface area is 156 Å². The molecule has 3 rings (SSSR count). The third-order valence-electron chi connectivity index (χ3n) is 5.91. The van der Waals surface area contributed by atoms with Crippen LogP contribution >= 0.6 is 0 Å². The van der Waals surface area contributed by atoms with Gasteiger partial charge in [0.2, 0.25) is 0 Å². The van der Waals surface area contributed by atoms with Crippen molar-refractivity contribution in [1.29, 1.82) is 0 Å². The maximum Gasteiger partial charge on any atom is 0.407 e. The van der Waals surface area contributed by atoms with Gasteiger partial charge < -0.3 is 10.1 Å². The van der Waals surface area contributed by atoms with Crippen LogP contribution in [0.2, 0.25) is 0 Å². The van der Waals surface area contributed by atoms with Gasteiger partial charge in [-0.3, -0.25) is 0 Å². The van der Waals surface area contributed by atoms with Gasteiger partial charge in [0, 0.05) is 17.9 Å². The van der Waals surface area contributed by atoms with E-state index in [0.717, 1.165) is 30.6 Å². The zero-order chi connectivity index (χ0) is 18.8. The number of nitrogens with one attached hydrogen (secondary N) is 1. The second-order valence-corrected chi connectivity index (χ2v) is 9.74. The molecular formula is C20H28N2O3S. The summed E-state index contributed by atoms with van der Waals surface area (Å²) in [6.45, 7) is 5.78. The molecule has 1 aliphatic heterocycles. The molecule has 142 valence electrons. The van der Waals surface area contributed by atoms with E-state index in [-0.39, 0.29) is 17.3 Å². The fourth-order valence-corrected chi connectivity index (χ4v) is 7.52. The summed E-state index contributed by atoms with van der Waals surface area (Å²) in [5.41, 5.74) is -0.551. The third kappa shape index (κ3) is 3.04. The first-order chi connectivity index (χ1) is 12.5. The van der Waals surface area contributed by atoms with Gasteiger partial charge in [-0.25, -0.2) is 13.4 Å². The van der Waals surface area contributed by atoms with Gasteiger partial charge in [-0.2, -0.15) is 0 Å². The monoisotopic (exact) mass is 376 g/mol. The van der Waals surface area contributed by atoms with E-state index in [1.807, 2.05) is 43.3 Å². The molecule has 1 aliphatic carbocycles. The summed E-state index contributed by atoms with van der Waals surface area (Å²) in [5.74, 6) is 0.140. The van der Waals surface area contributed by atoms with Crippen LogP contribution in [0.15, 0.2) is 52.2 Å². The van der Waals surface area contributed by atoms with E-state index in [0.29, 0.717) is 6.42 Å². The Hall–Kier alpha value is -1.82. The SMILES string of the molecule is C=CCC[C@@H]([C@@]12CCC[C@@H]1[C@@H](C)OC(=O)N2)S(=O)(=NC)c1ccccc1. The Morgan fingerprint density at radius 2 is 2.19 bits per heavy atom. The number of hydrogen-bond donors (Lipinski definition) is 1. The molecule has 5 nitrogen and oxygen atoms in total. The molecule has 0 spiro atoms. The first-order valence-corrected chi connectivity index (χ1v) is 10.8. The van der Waals surface area contributed by atoms with Crippen LogP contribution in [-0.4, -0.2) is 34.2 Å². The minimum absolute atomic E-state index is 0.140. The molecule has 1 N–H and O–H groups in total. The lowest BCUT2D eigenvalue weighted by molar-refractivity contribution is 0.000787. The molecule has 2 aliphatic rings. The number of allylic oxidation sites excluding steroid dienone is 1. The summed E-state index contributed by atoms with van der Waals surface area (Å²) >= 11 is 0. The number of rotatable bonds is 6. The minimum atomic E-state index is -2.72. The normalized spacial score (nSPS) is 31.1. The highest BCUT2D eigenvalue weighted by Gasteiger charge is 2.58. The molecule has 1 saturated heterocycles. The van der Waals surface area contributed by atoms with E-state index in [2.05, 4.69) is 16.3 Å². The Kier molecular flexibility index (Phi) is 5.42. The highest BCUT2D eigenvalue weighted by atomic mass is 32.2. The predicted molar refractivity (Wildman–Crippen MR) is 104 cm³/mol. The van der Waals surface area contributed by atoms with Crippen LogP contribution < -0.4 is 5.32 Å². The largest absolute Gasteiger partial charge is 0.446 e. The number of nitrogens with zero attached hydrogens (tertiary/aromatic N) is 1. The zero-order valence-corrected chi connectivity index (χ0v) is 16.3. The van der Waals surface area contributed by atoms with Crippen molar-refractivity contribution in [2.75, 3.05) is 7.05 Å². The van der Waals surface area contributed by atoms with Crippen molar-refractivity contribution in [2.24, 2.45) is 10.3 Å². The van der Waals surface area contributed by atoms with Gasteiger partial charge in [0.05, 0.1) is 20.5 Å². The Morgan fingerprint density at radius 1 is 1.46 bits per heavy atom. The fraction of sp³-hybridized carbons (Fsp3) is 0.550. The van der Waals surface area contributed by atoms with E-state index in [9.17, 15) is 9.00 Å².